The van der Waals surface area contributed by atoms with Crippen LogP contribution >= 0.6 is 0 Å². The number of benzene rings is 2. The lowest BCUT2D eigenvalue weighted by Crippen LogP contribution is -2.59. The maximum Gasteiger partial charge on any atom is 0.248 e. The number of morpholine rings is 1. The molecule has 0 bridgehead atoms. The number of fused-ring (bicyclic) bond motifs is 1. The van der Waals surface area contributed by atoms with E-state index < -0.39 is 0 Å². The molecule has 0 unspecified atom stereocenters. The Labute approximate surface area is 205 Å². The first-order valence-electron chi connectivity index (χ1n) is 12.9. The van der Waals surface area contributed by atoms with Gasteiger partial charge in [-0.05, 0) is 67.0 Å². The molecular weight excluding hydrogens is 441 g/mol. The highest BCUT2D eigenvalue weighted by molar-refractivity contribution is 5.84. The van der Waals surface area contributed by atoms with Crippen LogP contribution in [-0.2, 0) is 22.5 Å². The third kappa shape index (κ3) is 4.57. The quantitative estimate of drug-likeness (QED) is 0.526. The van der Waals surface area contributed by atoms with Gasteiger partial charge in [0.2, 0.25) is 5.91 Å². The molecule has 2 aliphatic heterocycles. The second-order valence-corrected chi connectivity index (χ2v) is 10.4. The predicted octanol–water partition coefficient (Wildman–Crippen LogP) is 4.96. The van der Waals surface area contributed by atoms with Crippen LogP contribution in [0.4, 0.5) is 4.39 Å². The largest absolute Gasteiger partial charge is 0.363 e. The Hall–Kier alpha value is -2.83. The topological polar surface area (TPSA) is 45.7 Å². The van der Waals surface area contributed by atoms with E-state index >= 15 is 4.39 Å². The molecule has 3 aliphatic rings. The number of pyridine rings is 1. The van der Waals surface area contributed by atoms with Crippen molar-refractivity contribution in [3.63, 3.8) is 0 Å². The summed E-state index contributed by atoms with van der Waals surface area (Å²) < 4.78 is 21.2. The van der Waals surface area contributed by atoms with Crippen molar-refractivity contribution in [1.29, 1.82) is 0 Å². The highest BCUT2D eigenvalue weighted by Gasteiger charge is 2.46. The Morgan fingerprint density at radius 3 is 2.60 bits per heavy atom. The minimum Gasteiger partial charge on any atom is -0.363 e. The Morgan fingerprint density at radius 2 is 1.86 bits per heavy atom. The number of nitrogens with zero attached hydrogens (tertiary/aromatic N) is 3. The average Bonchev–Trinajstić information content (AvgIpc) is 3.73. The molecule has 6 heteroatoms. The zero-order chi connectivity index (χ0) is 24.0. The first-order chi connectivity index (χ1) is 17.0. The molecule has 1 aliphatic carbocycles. The second-order valence-electron chi connectivity index (χ2n) is 10.4. The van der Waals surface area contributed by atoms with E-state index in [2.05, 4.69) is 28.9 Å². The van der Waals surface area contributed by atoms with Gasteiger partial charge in [-0.3, -0.25) is 14.7 Å². The first kappa shape index (κ1) is 22.6. The molecule has 1 amide bonds. The van der Waals surface area contributed by atoms with Crippen molar-refractivity contribution in [2.75, 3.05) is 26.2 Å². The number of amides is 1. The Bertz CT molecular complexity index is 1260. The van der Waals surface area contributed by atoms with Crippen LogP contribution in [0.5, 0.6) is 0 Å². The number of hydrogen-bond donors (Lipinski definition) is 0. The van der Waals surface area contributed by atoms with Crippen molar-refractivity contribution in [3.05, 3.63) is 65.6 Å². The summed E-state index contributed by atoms with van der Waals surface area (Å²) >= 11 is 0. The predicted molar refractivity (Wildman–Crippen MR) is 134 cm³/mol. The number of aryl methyl sites for hydroxylation is 1. The number of likely N-dealkylation sites (tertiary alicyclic amines) is 1. The summed E-state index contributed by atoms with van der Waals surface area (Å²) in [4.78, 5) is 21.1. The molecule has 0 atom stereocenters. The summed E-state index contributed by atoms with van der Waals surface area (Å²) in [6.45, 7) is 5.34. The first-order valence-corrected chi connectivity index (χ1v) is 12.9. The van der Waals surface area contributed by atoms with Crippen molar-refractivity contribution < 1.29 is 13.9 Å². The fraction of sp³-hybridized carbons (Fsp3) is 0.448. The monoisotopic (exact) mass is 473 g/mol. The molecule has 35 heavy (non-hydrogen) atoms. The van der Waals surface area contributed by atoms with Gasteiger partial charge in [-0.1, -0.05) is 31.2 Å². The van der Waals surface area contributed by atoms with E-state index in [1.165, 1.54) is 5.56 Å². The molecule has 1 aromatic heterocycles. The lowest BCUT2D eigenvalue weighted by atomic mass is 9.89. The highest BCUT2D eigenvalue weighted by Crippen LogP contribution is 2.36. The number of hydrogen-bond acceptors (Lipinski definition) is 4. The van der Waals surface area contributed by atoms with Crippen LogP contribution < -0.4 is 0 Å². The minimum absolute atomic E-state index is 0.135. The SMILES string of the molecule is CCc1cnc2cc(-c3ccc(CN4CCC5(CC4)CN(C4CC4)C(=O)CO5)c(F)c3)ccc2c1. The molecule has 1 spiro atoms. The summed E-state index contributed by atoms with van der Waals surface area (Å²) in [5.41, 5.74) is 4.48. The van der Waals surface area contributed by atoms with Gasteiger partial charge in [0.25, 0.3) is 0 Å². The van der Waals surface area contributed by atoms with E-state index in [-0.39, 0.29) is 23.9 Å². The van der Waals surface area contributed by atoms with Crippen LogP contribution in [-0.4, -0.2) is 58.6 Å². The molecule has 3 fully saturated rings. The number of carbonyl (C=O) groups excluding carboxylic acids is 1. The van der Waals surface area contributed by atoms with Crippen LogP contribution in [0, 0.1) is 5.82 Å². The maximum absolute atomic E-state index is 15.1. The highest BCUT2D eigenvalue weighted by atomic mass is 19.1. The van der Waals surface area contributed by atoms with E-state index in [0.717, 1.165) is 72.8 Å². The van der Waals surface area contributed by atoms with E-state index in [1.54, 1.807) is 6.07 Å². The molecule has 2 aromatic carbocycles. The van der Waals surface area contributed by atoms with Gasteiger partial charge in [0, 0.05) is 42.8 Å². The molecule has 2 saturated heterocycles. The number of ether oxygens (including phenoxy) is 1. The Balaban J connectivity index is 1.11. The maximum atomic E-state index is 15.1. The summed E-state index contributed by atoms with van der Waals surface area (Å²) in [6, 6.07) is 14.3. The minimum atomic E-state index is -0.225. The van der Waals surface area contributed by atoms with Crippen molar-refractivity contribution in [2.24, 2.45) is 0 Å². The van der Waals surface area contributed by atoms with Gasteiger partial charge in [-0.2, -0.15) is 0 Å². The lowest BCUT2D eigenvalue weighted by Gasteiger charge is -2.47. The zero-order valence-corrected chi connectivity index (χ0v) is 20.3. The second kappa shape index (κ2) is 8.99. The van der Waals surface area contributed by atoms with Crippen molar-refractivity contribution in [3.8, 4) is 11.1 Å². The van der Waals surface area contributed by atoms with E-state index in [1.807, 2.05) is 35.4 Å². The Morgan fingerprint density at radius 1 is 1.09 bits per heavy atom. The van der Waals surface area contributed by atoms with Crippen LogP contribution in [0.25, 0.3) is 22.0 Å². The molecule has 3 aromatic rings. The number of aromatic nitrogens is 1. The fourth-order valence-corrected chi connectivity index (χ4v) is 5.52. The third-order valence-electron chi connectivity index (χ3n) is 7.97. The molecule has 5 nitrogen and oxygen atoms in total. The summed E-state index contributed by atoms with van der Waals surface area (Å²) in [5.74, 6) is -0.0350. The molecule has 0 radical (unpaired) electrons. The molecule has 182 valence electrons. The van der Waals surface area contributed by atoms with Crippen LogP contribution in [0.3, 0.4) is 0 Å². The van der Waals surface area contributed by atoms with Crippen molar-refractivity contribution >= 4 is 16.8 Å². The van der Waals surface area contributed by atoms with Crippen molar-refractivity contribution in [1.82, 2.24) is 14.8 Å². The summed E-state index contributed by atoms with van der Waals surface area (Å²) in [7, 11) is 0. The number of piperidine rings is 1. The Kier molecular flexibility index (Phi) is 5.81. The number of carbonyl (C=O) groups is 1. The number of halogens is 1. The summed E-state index contributed by atoms with van der Waals surface area (Å²) in [5, 5.41) is 1.11. The van der Waals surface area contributed by atoms with Gasteiger partial charge in [0.05, 0.1) is 17.7 Å². The summed E-state index contributed by atoms with van der Waals surface area (Å²) in [6.07, 6.45) is 6.89. The molecule has 6 rings (SSSR count). The zero-order valence-electron chi connectivity index (χ0n) is 20.3. The van der Waals surface area contributed by atoms with Crippen LogP contribution in [0.1, 0.15) is 43.7 Å². The molecule has 0 N–H and O–H groups in total. The average molecular weight is 474 g/mol. The van der Waals surface area contributed by atoms with Crippen molar-refractivity contribution in [2.45, 2.75) is 57.2 Å². The third-order valence-corrected chi connectivity index (χ3v) is 7.97. The van der Waals surface area contributed by atoms with E-state index in [0.29, 0.717) is 19.1 Å². The van der Waals surface area contributed by atoms with Gasteiger partial charge in [0.1, 0.15) is 12.4 Å². The molecule has 1 saturated carbocycles. The van der Waals surface area contributed by atoms with E-state index in [4.69, 9.17) is 4.74 Å². The number of rotatable bonds is 5. The van der Waals surface area contributed by atoms with Gasteiger partial charge < -0.3 is 9.64 Å². The van der Waals surface area contributed by atoms with Gasteiger partial charge in [0.15, 0.2) is 0 Å². The molecule has 3 heterocycles. The smallest absolute Gasteiger partial charge is 0.248 e. The van der Waals surface area contributed by atoms with Gasteiger partial charge in [-0.15, -0.1) is 0 Å². The van der Waals surface area contributed by atoms with E-state index in [9.17, 15) is 4.79 Å². The van der Waals surface area contributed by atoms with Gasteiger partial charge in [-0.25, -0.2) is 4.39 Å². The standard InChI is InChI=1S/C29H32FN3O2/c1-2-20-13-23-5-3-22(15-27(23)31-16-20)21-4-6-24(26(30)14-21)17-32-11-9-29(10-12-32)19-33(25-7-8-25)28(34)18-35-29/h3-6,13-16,25H,2,7-12,17-19H2,1H3. The van der Waals surface area contributed by atoms with Gasteiger partial charge >= 0.3 is 0 Å². The van der Waals surface area contributed by atoms with Crippen LogP contribution in [0.15, 0.2) is 48.7 Å². The lowest BCUT2D eigenvalue weighted by molar-refractivity contribution is -0.172. The fourth-order valence-electron chi connectivity index (χ4n) is 5.52. The van der Waals surface area contributed by atoms with Crippen LogP contribution in [0.2, 0.25) is 0 Å². The molecular formula is C29H32FN3O2. The normalized spacial score (nSPS) is 20.6.